The topological polar surface area (TPSA) is 62.2 Å². The Labute approximate surface area is 97.0 Å². The van der Waals surface area contributed by atoms with Crippen molar-refractivity contribution in [3.8, 4) is 0 Å². The minimum absolute atomic E-state index is 0.00227. The van der Waals surface area contributed by atoms with Gasteiger partial charge in [0.15, 0.2) is 0 Å². The average molecular weight is 233 g/mol. The van der Waals surface area contributed by atoms with Crippen molar-refractivity contribution in [3.63, 3.8) is 0 Å². The van der Waals surface area contributed by atoms with E-state index in [1.165, 1.54) is 0 Å². The van der Waals surface area contributed by atoms with Gasteiger partial charge in [-0.25, -0.2) is 0 Å². The molecule has 0 radical (unpaired) electrons. The highest BCUT2D eigenvalue weighted by Crippen LogP contribution is 2.07. The molecule has 0 aliphatic carbocycles. The fourth-order valence-electron chi connectivity index (χ4n) is 1.72. The maximum absolute atomic E-state index is 9.77. The predicted octanol–water partition coefficient (Wildman–Crippen LogP) is -0.535. The SMILES string of the molecule is CC(C)OCC(O)CN1CCOCC1CO. The fourth-order valence-corrected chi connectivity index (χ4v) is 1.72. The highest BCUT2D eigenvalue weighted by atomic mass is 16.5. The molecule has 0 amide bonds. The van der Waals surface area contributed by atoms with E-state index in [1.807, 2.05) is 13.8 Å². The summed E-state index contributed by atoms with van der Waals surface area (Å²) in [5.74, 6) is 0. The van der Waals surface area contributed by atoms with Crippen LogP contribution in [-0.2, 0) is 9.47 Å². The zero-order valence-electron chi connectivity index (χ0n) is 10.1. The van der Waals surface area contributed by atoms with Crippen LogP contribution in [0.5, 0.6) is 0 Å². The molecule has 0 aromatic carbocycles. The summed E-state index contributed by atoms with van der Waals surface area (Å²) in [6.45, 7) is 6.77. The van der Waals surface area contributed by atoms with Gasteiger partial charge in [0, 0.05) is 13.1 Å². The molecule has 2 unspecified atom stereocenters. The molecular formula is C11H23NO4. The molecule has 0 aromatic heterocycles. The van der Waals surface area contributed by atoms with E-state index in [9.17, 15) is 5.11 Å². The quantitative estimate of drug-likeness (QED) is 0.645. The summed E-state index contributed by atoms with van der Waals surface area (Å²) in [6, 6.07) is 0.00227. The number of hydrogen-bond donors (Lipinski definition) is 2. The van der Waals surface area contributed by atoms with E-state index in [4.69, 9.17) is 14.6 Å². The van der Waals surface area contributed by atoms with Crippen molar-refractivity contribution in [2.75, 3.05) is 39.5 Å². The van der Waals surface area contributed by atoms with Crippen LogP contribution in [0.25, 0.3) is 0 Å². The van der Waals surface area contributed by atoms with E-state index in [1.54, 1.807) is 0 Å². The van der Waals surface area contributed by atoms with Crippen molar-refractivity contribution >= 4 is 0 Å². The van der Waals surface area contributed by atoms with Crippen molar-refractivity contribution in [3.05, 3.63) is 0 Å². The average Bonchev–Trinajstić information content (AvgIpc) is 2.27. The van der Waals surface area contributed by atoms with Crippen LogP contribution < -0.4 is 0 Å². The van der Waals surface area contributed by atoms with Crippen LogP contribution >= 0.6 is 0 Å². The van der Waals surface area contributed by atoms with Gasteiger partial charge in [0.05, 0.1) is 44.7 Å². The lowest BCUT2D eigenvalue weighted by molar-refractivity contribution is -0.0611. The van der Waals surface area contributed by atoms with Crippen molar-refractivity contribution in [2.24, 2.45) is 0 Å². The largest absolute Gasteiger partial charge is 0.395 e. The second-order valence-corrected chi connectivity index (χ2v) is 4.44. The van der Waals surface area contributed by atoms with E-state index in [2.05, 4.69) is 4.90 Å². The third kappa shape index (κ3) is 4.76. The molecule has 1 fully saturated rings. The second kappa shape index (κ2) is 7.19. The predicted molar refractivity (Wildman–Crippen MR) is 60.4 cm³/mol. The van der Waals surface area contributed by atoms with Gasteiger partial charge in [0.25, 0.3) is 0 Å². The van der Waals surface area contributed by atoms with Gasteiger partial charge in [0.2, 0.25) is 0 Å². The van der Waals surface area contributed by atoms with Crippen LogP contribution in [0, 0.1) is 0 Å². The number of rotatable bonds is 6. The Kier molecular flexibility index (Phi) is 6.23. The van der Waals surface area contributed by atoms with Gasteiger partial charge < -0.3 is 19.7 Å². The first-order valence-electron chi connectivity index (χ1n) is 5.85. The Morgan fingerprint density at radius 3 is 2.88 bits per heavy atom. The lowest BCUT2D eigenvalue weighted by Gasteiger charge is -2.35. The van der Waals surface area contributed by atoms with Gasteiger partial charge in [-0.2, -0.15) is 0 Å². The summed E-state index contributed by atoms with van der Waals surface area (Å²) >= 11 is 0. The lowest BCUT2D eigenvalue weighted by Crippen LogP contribution is -2.50. The minimum atomic E-state index is -0.505. The zero-order valence-corrected chi connectivity index (χ0v) is 10.1. The van der Waals surface area contributed by atoms with Gasteiger partial charge in [-0.3, -0.25) is 4.90 Å². The summed E-state index contributed by atoms with van der Waals surface area (Å²) in [7, 11) is 0. The molecule has 96 valence electrons. The standard InChI is InChI=1S/C11H23NO4/c1-9(2)16-8-11(14)5-12-3-4-15-7-10(12)6-13/h9-11,13-14H,3-8H2,1-2H3. The summed E-state index contributed by atoms with van der Waals surface area (Å²) < 4.78 is 10.6. The van der Waals surface area contributed by atoms with Gasteiger partial charge in [-0.15, -0.1) is 0 Å². The molecule has 2 atom stereocenters. The van der Waals surface area contributed by atoms with Crippen molar-refractivity contribution in [1.29, 1.82) is 0 Å². The van der Waals surface area contributed by atoms with E-state index in [0.717, 1.165) is 6.54 Å². The van der Waals surface area contributed by atoms with E-state index in [-0.39, 0.29) is 18.8 Å². The Bertz CT molecular complexity index is 189. The van der Waals surface area contributed by atoms with E-state index < -0.39 is 6.10 Å². The van der Waals surface area contributed by atoms with Crippen LogP contribution in [-0.4, -0.2) is 72.9 Å². The van der Waals surface area contributed by atoms with Crippen LogP contribution in [0.3, 0.4) is 0 Å². The summed E-state index contributed by atoms with van der Waals surface area (Å²) in [5, 5.41) is 18.9. The highest BCUT2D eigenvalue weighted by molar-refractivity contribution is 4.76. The molecule has 2 N–H and O–H groups in total. The van der Waals surface area contributed by atoms with Crippen LogP contribution in [0.15, 0.2) is 0 Å². The molecule has 1 aliphatic heterocycles. The first kappa shape index (κ1) is 13.9. The molecular weight excluding hydrogens is 210 g/mol. The number of aliphatic hydroxyl groups excluding tert-OH is 2. The minimum Gasteiger partial charge on any atom is -0.395 e. The molecule has 1 heterocycles. The van der Waals surface area contributed by atoms with Gasteiger partial charge in [-0.1, -0.05) is 0 Å². The third-order valence-corrected chi connectivity index (χ3v) is 2.63. The Balaban J connectivity index is 2.27. The maximum Gasteiger partial charge on any atom is 0.0900 e. The third-order valence-electron chi connectivity index (χ3n) is 2.63. The number of aliphatic hydroxyl groups is 2. The summed E-state index contributed by atoms with van der Waals surface area (Å²) in [5.41, 5.74) is 0. The molecule has 1 saturated heterocycles. The van der Waals surface area contributed by atoms with E-state index in [0.29, 0.717) is 26.4 Å². The first-order valence-corrected chi connectivity index (χ1v) is 5.85. The van der Waals surface area contributed by atoms with Crippen molar-refractivity contribution in [1.82, 2.24) is 4.90 Å². The molecule has 5 heteroatoms. The molecule has 0 bridgehead atoms. The molecule has 16 heavy (non-hydrogen) atoms. The smallest absolute Gasteiger partial charge is 0.0900 e. The van der Waals surface area contributed by atoms with Crippen molar-refractivity contribution in [2.45, 2.75) is 32.1 Å². The normalized spacial score (nSPS) is 24.9. The Morgan fingerprint density at radius 2 is 2.25 bits per heavy atom. The number of β-amino-alcohol motifs (C(OH)–C–C–N with tert-alkyl or cyclic N) is 1. The summed E-state index contributed by atoms with van der Waals surface area (Å²) in [4.78, 5) is 2.05. The van der Waals surface area contributed by atoms with Gasteiger partial charge >= 0.3 is 0 Å². The molecule has 5 nitrogen and oxygen atoms in total. The molecule has 1 rings (SSSR count). The number of morpholine rings is 1. The van der Waals surface area contributed by atoms with Crippen LogP contribution in [0.1, 0.15) is 13.8 Å². The maximum atomic E-state index is 9.77. The Hall–Kier alpha value is -0.200. The van der Waals surface area contributed by atoms with Gasteiger partial charge in [-0.05, 0) is 13.8 Å². The number of hydrogen-bond acceptors (Lipinski definition) is 5. The number of ether oxygens (including phenoxy) is 2. The molecule has 0 spiro atoms. The first-order chi connectivity index (χ1) is 7.63. The molecule has 1 aliphatic rings. The number of nitrogens with zero attached hydrogens (tertiary/aromatic N) is 1. The monoisotopic (exact) mass is 233 g/mol. The zero-order chi connectivity index (χ0) is 12.0. The molecule has 0 saturated carbocycles. The van der Waals surface area contributed by atoms with Crippen LogP contribution in [0.2, 0.25) is 0 Å². The highest BCUT2D eigenvalue weighted by Gasteiger charge is 2.24. The van der Waals surface area contributed by atoms with Crippen LogP contribution in [0.4, 0.5) is 0 Å². The van der Waals surface area contributed by atoms with Gasteiger partial charge in [0.1, 0.15) is 0 Å². The fraction of sp³-hybridized carbons (Fsp3) is 1.00. The van der Waals surface area contributed by atoms with Crippen molar-refractivity contribution < 1.29 is 19.7 Å². The summed E-state index contributed by atoms with van der Waals surface area (Å²) in [6.07, 6.45) is -0.373. The van der Waals surface area contributed by atoms with E-state index >= 15 is 0 Å². The lowest BCUT2D eigenvalue weighted by atomic mass is 10.2. The second-order valence-electron chi connectivity index (χ2n) is 4.44. The molecule has 0 aromatic rings. The Morgan fingerprint density at radius 1 is 1.50 bits per heavy atom.